The Morgan fingerprint density at radius 2 is 2.00 bits per heavy atom. The lowest BCUT2D eigenvalue weighted by molar-refractivity contribution is -0.302. The Kier molecular flexibility index (Phi) is 8.09. The summed E-state index contributed by atoms with van der Waals surface area (Å²) in [6.07, 6.45) is -0.506. The van der Waals surface area contributed by atoms with E-state index in [-0.39, 0.29) is 34.8 Å². The molecule has 2 aromatic carbocycles. The highest BCUT2D eigenvalue weighted by atomic mass is 19.1. The predicted molar refractivity (Wildman–Crippen MR) is 130 cm³/mol. The van der Waals surface area contributed by atoms with Crippen molar-refractivity contribution in [1.29, 1.82) is 0 Å². The zero-order valence-electron chi connectivity index (χ0n) is 20.9. The van der Waals surface area contributed by atoms with E-state index in [9.17, 15) is 34.1 Å². The van der Waals surface area contributed by atoms with E-state index in [1.807, 2.05) is 0 Å². The first kappa shape index (κ1) is 27.6. The van der Waals surface area contributed by atoms with Crippen molar-refractivity contribution in [2.24, 2.45) is 0 Å². The van der Waals surface area contributed by atoms with Gasteiger partial charge < -0.3 is 34.9 Å². The number of likely N-dealkylation sites (N-methyl/N-ethyl adjacent to an activating group) is 1. The van der Waals surface area contributed by atoms with Crippen molar-refractivity contribution in [3.05, 3.63) is 64.5 Å². The molecular formula is C26H30FN3O8. The third-order valence-corrected chi connectivity index (χ3v) is 6.68. The fourth-order valence-electron chi connectivity index (χ4n) is 4.77. The number of hydrogen-bond acceptors (Lipinski definition) is 9. The van der Waals surface area contributed by atoms with Crippen molar-refractivity contribution in [3.63, 3.8) is 0 Å². The number of nitrogens with one attached hydrogen (secondary N) is 1. The highest BCUT2D eigenvalue weighted by Gasteiger charge is 2.60. The van der Waals surface area contributed by atoms with Crippen molar-refractivity contribution < 1.29 is 43.6 Å². The highest BCUT2D eigenvalue weighted by molar-refractivity contribution is 6.03. The first-order valence-electron chi connectivity index (χ1n) is 12.1. The van der Waals surface area contributed by atoms with Gasteiger partial charge in [-0.3, -0.25) is 14.5 Å². The van der Waals surface area contributed by atoms with E-state index < -0.39 is 41.3 Å². The molecule has 0 saturated carbocycles. The summed E-state index contributed by atoms with van der Waals surface area (Å²) in [7, 11) is 1.19. The van der Waals surface area contributed by atoms with Crippen molar-refractivity contribution >= 4 is 18.1 Å². The number of nitrogens with zero attached hydrogens (tertiary/aromatic N) is 2. The van der Waals surface area contributed by atoms with E-state index in [4.69, 9.17) is 9.47 Å². The molecule has 0 aromatic heterocycles. The third-order valence-electron chi connectivity index (χ3n) is 6.68. The number of hydrogen-bond donors (Lipinski definition) is 4. The van der Waals surface area contributed by atoms with Crippen molar-refractivity contribution in [1.82, 2.24) is 15.1 Å². The van der Waals surface area contributed by atoms with E-state index in [2.05, 4.69) is 10.2 Å². The Morgan fingerprint density at radius 1 is 1.26 bits per heavy atom. The number of carbonyl (C=O) groups excluding carboxylic acids is 3. The summed E-state index contributed by atoms with van der Waals surface area (Å²) in [6, 6.07) is 8.71. The number of aldehydes is 1. The molecule has 1 saturated heterocycles. The SMILES string of the molecule is CNC(=O)C(O)(CCC=O)N1C(=O)c2cccc(OCc3cc(CN4CCOCC4)ccc3F)c2C1(O)O. The molecule has 1 fully saturated rings. The van der Waals surface area contributed by atoms with Gasteiger partial charge in [-0.05, 0) is 29.8 Å². The van der Waals surface area contributed by atoms with Crippen LogP contribution in [0.5, 0.6) is 5.75 Å². The van der Waals surface area contributed by atoms with Gasteiger partial charge in [-0.2, -0.15) is 0 Å². The summed E-state index contributed by atoms with van der Waals surface area (Å²) in [5.41, 5.74) is -2.34. The second-order valence-corrected chi connectivity index (χ2v) is 9.16. The van der Waals surface area contributed by atoms with Crippen molar-refractivity contribution in [2.45, 2.75) is 37.6 Å². The van der Waals surface area contributed by atoms with Gasteiger partial charge in [-0.15, -0.1) is 0 Å². The van der Waals surface area contributed by atoms with Crippen LogP contribution in [0.1, 0.15) is 39.9 Å². The maximum Gasteiger partial charge on any atom is 0.284 e. The van der Waals surface area contributed by atoms with Crippen LogP contribution in [-0.2, 0) is 33.4 Å². The summed E-state index contributed by atoms with van der Waals surface area (Å²) >= 11 is 0. The molecule has 204 valence electrons. The van der Waals surface area contributed by atoms with E-state index in [1.165, 1.54) is 31.3 Å². The molecule has 2 amide bonds. The number of carbonyl (C=O) groups is 3. The van der Waals surface area contributed by atoms with Crippen LogP contribution in [-0.4, -0.2) is 82.3 Å². The fourth-order valence-corrected chi connectivity index (χ4v) is 4.77. The van der Waals surface area contributed by atoms with Crippen LogP contribution in [0.2, 0.25) is 0 Å². The third kappa shape index (κ3) is 5.13. The number of morpholine rings is 1. The Bertz CT molecular complexity index is 1220. The average Bonchev–Trinajstić information content (AvgIpc) is 3.13. The first-order valence-corrected chi connectivity index (χ1v) is 12.1. The van der Waals surface area contributed by atoms with Crippen LogP contribution in [0.25, 0.3) is 0 Å². The molecule has 4 N–H and O–H groups in total. The molecule has 12 heteroatoms. The maximum absolute atomic E-state index is 14.6. The largest absolute Gasteiger partial charge is 0.488 e. The molecule has 4 rings (SSSR count). The zero-order chi connectivity index (χ0) is 27.5. The summed E-state index contributed by atoms with van der Waals surface area (Å²) < 4.78 is 25.7. The maximum atomic E-state index is 14.6. The lowest BCUT2D eigenvalue weighted by Gasteiger charge is -2.40. The fraction of sp³-hybridized carbons (Fsp3) is 0.423. The summed E-state index contributed by atoms with van der Waals surface area (Å²) in [4.78, 5) is 39.1. The minimum atomic E-state index is -3.18. The van der Waals surface area contributed by atoms with Crippen LogP contribution in [0.15, 0.2) is 36.4 Å². The van der Waals surface area contributed by atoms with Crippen molar-refractivity contribution in [2.75, 3.05) is 33.4 Å². The molecule has 2 aliphatic rings. The van der Waals surface area contributed by atoms with Crippen molar-refractivity contribution in [3.8, 4) is 5.75 Å². The molecule has 2 aliphatic heterocycles. The number of fused-ring (bicyclic) bond motifs is 1. The van der Waals surface area contributed by atoms with Gasteiger partial charge in [0.25, 0.3) is 17.7 Å². The Labute approximate surface area is 218 Å². The Morgan fingerprint density at radius 3 is 2.68 bits per heavy atom. The summed E-state index contributed by atoms with van der Waals surface area (Å²) in [6.45, 7) is 3.06. The normalized spacial score (nSPS) is 18.6. The zero-order valence-corrected chi connectivity index (χ0v) is 20.9. The van der Waals surface area contributed by atoms with Crippen LogP contribution in [0, 0.1) is 5.82 Å². The van der Waals surface area contributed by atoms with Gasteiger partial charge in [0.15, 0.2) is 0 Å². The molecule has 1 atom stereocenters. The first-order chi connectivity index (χ1) is 18.1. The number of benzene rings is 2. The molecule has 0 bridgehead atoms. The van der Waals surface area contributed by atoms with Crippen LogP contribution in [0.4, 0.5) is 4.39 Å². The summed E-state index contributed by atoms with van der Waals surface area (Å²) in [5.74, 6) is -6.04. The van der Waals surface area contributed by atoms with E-state index >= 15 is 0 Å². The van der Waals surface area contributed by atoms with E-state index in [1.54, 1.807) is 12.1 Å². The molecule has 1 unspecified atom stereocenters. The second-order valence-electron chi connectivity index (χ2n) is 9.16. The molecule has 2 heterocycles. The molecule has 0 spiro atoms. The van der Waals surface area contributed by atoms with Gasteiger partial charge in [-0.1, -0.05) is 12.1 Å². The number of rotatable bonds is 10. The smallest absolute Gasteiger partial charge is 0.284 e. The monoisotopic (exact) mass is 531 g/mol. The standard InChI is InChI=1S/C26H30FN3O8/c1-28-24(33)25(34,8-3-11-31)30-23(32)19-4-2-5-21(22(19)26(30,35)36)38-16-18-14-17(6-7-20(18)27)15-29-9-12-37-13-10-29/h2,4-7,11,14,34-36H,3,8-10,12-13,15-16H2,1H3,(H,28,33). The van der Waals surface area contributed by atoms with E-state index in [0.717, 1.165) is 18.7 Å². The molecule has 0 radical (unpaired) electrons. The predicted octanol–water partition coefficient (Wildman–Crippen LogP) is 0.201. The lowest BCUT2D eigenvalue weighted by Crippen LogP contribution is -2.64. The Hall–Kier alpha value is -3.42. The Balaban J connectivity index is 1.61. The van der Waals surface area contributed by atoms with E-state index in [0.29, 0.717) is 26.0 Å². The van der Waals surface area contributed by atoms with Gasteiger partial charge in [0, 0.05) is 45.1 Å². The second kappa shape index (κ2) is 11.1. The highest BCUT2D eigenvalue weighted by Crippen LogP contribution is 2.45. The van der Waals surface area contributed by atoms with Crippen LogP contribution < -0.4 is 10.1 Å². The molecule has 0 aliphatic carbocycles. The summed E-state index contributed by atoms with van der Waals surface area (Å²) in [5, 5.41) is 35.4. The van der Waals surface area contributed by atoms with Gasteiger partial charge in [0.05, 0.1) is 24.3 Å². The lowest BCUT2D eigenvalue weighted by atomic mass is 10.0. The molecule has 38 heavy (non-hydrogen) atoms. The van der Waals surface area contributed by atoms with Gasteiger partial charge in [0.2, 0.25) is 5.72 Å². The average molecular weight is 532 g/mol. The minimum Gasteiger partial charge on any atom is -0.488 e. The van der Waals surface area contributed by atoms with Gasteiger partial charge in [-0.25, -0.2) is 9.29 Å². The number of ether oxygens (including phenoxy) is 2. The molecule has 11 nitrogen and oxygen atoms in total. The quantitative estimate of drug-likeness (QED) is 0.249. The number of aliphatic hydroxyl groups is 3. The van der Waals surface area contributed by atoms with Gasteiger partial charge >= 0.3 is 0 Å². The van der Waals surface area contributed by atoms with Crippen LogP contribution in [0.3, 0.4) is 0 Å². The molecule has 2 aromatic rings. The van der Waals surface area contributed by atoms with Crippen LogP contribution >= 0.6 is 0 Å². The number of halogens is 1. The molecular weight excluding hydrogens is 501 g/mol. The number of amides is 2. The van der Waals surface area contributed by atoms with Gasteiger partial charge in [0.1, 0.15) is 24.5 Å². The topological polar surface area (TPSA) is 149 Å². The minimum absolute atomic E-state index is 0.157.